The minimum atomic E-state index is -1.23. The van der Waals surface area contributed by atoms with Crippen molar-refractivity contribution in [2.24, 2.45) is 0 Å². The van der Waals surface area contributed by atoms with E-state index in [-0.39, 0.29) is 5.39 Å². The van der Waals surface area contributed by atoms with Crippen molar-refractivity contribution in [3.8, 4) is 5.95 Å². The highest BCUT2D eigenvalue weighted by molar-refractivity contribution is 5.86. The van der Waals surface area contributed by atoms with Gasteiger partial charge < -0.3 is 9.52 Å². The monoisotopic (exact) mass is 198 g/mol. The molecule has 1 heterocycles. The summed E-state index contributed by atoms with van der Waals surface area (Å²) < 4.78 is 30.0. The number of fused-ring (bicyclic) bond motifs is 1. The van der Waals surface area contributed by atoms with Crippen LogP contribution < -0.4 is 5.63 Å². The molecular formula is C9H4F2O3. The predicted octanol–water partition coefficient (Wildman–Crippen LogP) is 1.78. The number of rotatable bonds is 0. The van der Waals surface area contributed by atoms with Gasteiger partial charge in [-0.05, 0) is 11.5 Å². The maximum atomic E-state index is 13.1. The Hall–Kier alpha value is -1.91. The van der Waals surface area contributed by atoms with Crippen LogP contribution in [0, 0.1) is 11.6 Å². The normalized spacial score (nSPS) is 10.7. The molecule has 72 valence electrons. The average Bonchev–Trinajstić information content (AvgIpc) is 2.10. The molecule has 0 aliphatic rings. The summed E-state index contributed by atoms with van der Waals surface area (Å²) in [5.74, 6) is -3.25. The van der Waals surface area contributed by atoms with Crippen molar-refractivity contribution in [1.82, 2.24) is 0 Å². The molecule has 0 radical (unpaired) electrons. The van der Waals surface area contributed by atoms with Crippen LogP contribution in [0.15, 0.2) is 27.4 Å². The van der Waals surface area contributed by atoms with Crippen molar-refractivity contribution < 1.29 is 18.3 Å². The number of benzene rings is 1. The van der Waals surface area contributed by atoms with Gasteiger partial charge in [-0.15, -0.1) is 0 Å². The summed E-state index contributed by atoms with van der Waals surface area (Å²) in [6.07, 6.45) is 0. The summed E-state index contributed by atoms with van der Waals surface area (Å²) in [7, 11) is 0. The average molecular weight is 198 g/mol. The lowest BCUT2D eigenvalue weighted by molar-refractivity contribution is 0.315. The van der Waals surface area contributed by atoms with Crippen molar-refractivity contribution in [3.05, 3.63) is 40.3 Å². The van der Waals surface area contributed by atoms with Crippen molar-refractivity contribution >= 4 is 10.8 Å². The zero-order valence-corrected chi connectivity index (χ0v) is 6.75. The SMILES string of the molecule is O=c1cc2ccc(F)c(F)c2c(O)o1. The van der Waals surface area contributed by atoms with Gasteiger partial charge in [0.15, 0.2) is 11.6 Å². The van der Waals surface area contributed by atoms with E-state index in [1.807, 2.05) is 0 Å². The number of aromatic hydroxyl groups is 1. The Morgan fingerprint density at radius 1 is 1.29 bits per heavy atom. The van der Waals surface area contributed by atoms with E-state index in [0.717, 1.165) is 12.1 Å². The molecule has 5 heteroatoms. The van der Waals surface area contributed by atoms with E-state index in [9.17, 15) is 13.6 Å². The van der Waals surface area contributed by atoms with Crippen LogP contribution in [-0.2, 0) is 0 Å². The molecule has 1 aromatic heterocycles. The van der Waals surface area contributed by atoms with Gasteiger partial charge in [-0.3, -0.25) is 0 Å². The molecule has 0 atom stereocenters. The predicted molar refractivity (Wildman–Crippen MR) is 44.1 cm³/mol. The summed E-state index contributed by atoms with van der Waals surface area (Å²) in [5.41, 5.74) is -0.819. The Morgan fingerprint density at radius 2 is 2.00 bits per heavy atom. The highest BCUT2D eigenvalue weighted by Crippen LogP contribution is 2.26. The van der Waals surface area contributed by atoms with Gasteiger partial charge in [0, 0.05) is 6.07 Å². The molecule has 0 aliphatic carbocycles. The molecule has 1 N–H and O–H groups in total. The summed E-state index contributed by atoms with van der Waals surface area (Å²) in [5, 5.41) is 8.75. The third-order valence-electron chi connectivity index (χ3n) is 1.81. The molecule has 0 spiro atoms. The minimum Gasteiger partial charge on any atom is -0.480 e. The highest BCUT2D eigenvalue weighted by Gasteiger charge is 2.13. The molecule has 0 bridgehead atoms. The second kappa shape index (κ2) is 2.80. The van der Waals surface area contributed by atoms with Crippen molar-refractivity contribution in [2.45, 2.75) is 0 Å². The molecule has 0 unspecified atom stereocenters. The lowest BCUT2D eigenvalue weighted by atomic mass is 10.1. The largest absolute Gasteiger partial charge is 0.480 e. The van der Waals surface area contributed by atoms with E-state index in [1.165, 1.54) is 6.07 Å². The summed E-state index contributed by atoms with van der Waals surface area (Å²) in [6.45, 7) is 0. The fraction of sp³-hybridized carbons (Fsp3) is 0. The molecular weight excluding hydrogens is 194 g/mol. The van der Waals surface area contributed by atoms with E-state index in [4.69, 9.17) is 5.11 Å². The molecule has 3 nitrogen and oxygen atoms in total. The Morgan fingerprint density at radius 3 is 2.71 bits per heavy atom. The summed E-state index contributed by atoms with van der Waals surface area (Å²) >= 11 is 0. The van der Waals surface area contributed by atoms with Crippen LogP contribution in [0.4, 0.5) is 8.78 Å². The number of hydrogen-bond donors (Lipinski definition) is 1. The summed E-state index contributed by atoms with van der Waals surface area (Å²) in [6, 6.07) is 3.03. The fourth-order valence-corrected chi connectivity index (χ4v) is 1.21. The Kier molecular flexibility index (Phi) is 1.73. The van der Waals surface area contributed by atoms with Crippen LogP contribution in [0.1, 0.15) is 0 Å². The van der Waals surface area contributed by atoms with Crippen LogP contribution in [0.5, 0.6) is 5.95 Å². The first-order valence-corrected chi connectivity index (χ1v) is 3.70. The maximum Gasteiger partial charge on any atom is 0.339 e. The first-order valence-electron chi connectivity index (χ1n) is 3.70. The van der Waals surface area contributed by atoms with Crippen LogP contribution in [0.2, 0.25) is 0 Å². The third kappa shape index (κ3) is 1.14. The third-order valence-corrected chi connectivity index (χ3v) is 1.81. The van der Waals surface area contributed by atoms with Crippen molar-refractivity contribution in [1.29, 1.82) is 0 Å². The second-order valence-electron chi connectivity index (χ2n) is 2.70. The topological polar surface area (TPSA) is 50.4 Å². The quantitative estimate of drug-likeness (QED) is 0.701. The van der Waals surface area contributed by atoms with E-state index < -0.39 is 28.6 Å². The Bertz CT molecular complexity index is 560. The molecule has 0 saturated heterocycles. The van der Waals surface area contributed by atoms with Crippen LogP contribution >= 0.6 is 0 Å². The van der Waals surface area contributed by atoms with Crippen LogP contribution in [-0.4, -0.2) is 5.11 Å². The Balaban J connectivity index is 3.03. The minimum absolute atomic E-state index is 0.0950. The molecule has 14 heavy (non-hydrogen) atoms. The highest BCUT2D eigenvalue weighted by atomic mass is 19.2. The molecule has 0 saturated carbocycles. The molecule has 2 aromatic rings. The van der Waals surface area contributed by atoms with Gasteiger partial charge in [-0.2, -0.15) is 0 Å². The Labute approximate surface area is 76.2 Å². The van der Waals surface area contributed by atoms with Crippen LogP contribution in [0.25, 0.3) is 10.8 Å². The molecule has 2 rings (SSSR count). The first kappa shape index (κ1) is 8.68. The van der Waals surface area contributed by atoms with Gasteiger partial charge >= 0.3 is 5.63 Å². The first-order chi connectivity index (χ1) is 6.59. The molecule has 1 aromatic carbocycles. The standard InChI is InChI=1S/C9H4F2O3/c10-5-2-1-4-3-6(12)14-9(13)7(4)8(5)11/h1-3,13H. The van der Waals surface area contributed by atoms with Crippen LogP contribution in [0.3, 0.4) is 0 Å². The van der Waals surface area contributed by atoms with Gasteiger partial charge in [0.2, 0.25) is 0 Å². The van der Waals surface area contributed by atoms with E-state index in [2.05, 4.69) is 4.42 Å². The van der Waals surface area contributed by atoms with Gasteiger partial charge in [0.05, 0.1) is 0 Å². The molecule has 0 amide bonds. The fourth-order valence-electron chi connectivity index (χ4n) is 1.21. The van der Waals surface area contributed by atoms with Crippen molar-refractivity contribution in [3.63, 3.8) is 0 Å². The van der Waals surface area contributed by atoms with Gasteiger partial charge in [-0.1, -0.05) is 6.07 Å². The van der Waals surface area contributed by atoms with E-state index in [0.29, 0.717) is 0 Å². The number of halogens is 2. The smallest absolute Gasteiger partial charge is 0.339 e. The van der Waals surface area contributed by atoms with Gasteiger partial charge in [0.25, 0.3) is 5.95 Å². The second-order valence-corrected chi connectivity index (χ2v) is 2.70. The molecule has 0 fully saturated rings. The van der Waals surface area contributed by atoms with E-state index in [1.54, 1.807) is 0 Å². The lowest BCUT2D eigenvalue weighted by Gasteiger charge is -2.00. The van der Waals surface area contributed by atoms with E-state index >= 15 is 0 Å². The zero-order valence-electron chi connectivity index (χ0n) is 6.75. The molecule has 0 aliphatic heterocycles. The number of hydrogen-bond acceptors (Lipinski definition) is 3. The zero-order chi connectivity index (χ0) is 10.3. The van der Waals surface area contributed by atoms with Gasteiger partial charge in [0.1, 0.15) is 5.39 Å². The maximum absolute atomic E-state index is 13.1. The van der Waals surface area contributed by atoms with Gasteiger partial charge in [-0.25, -0.2) is 13.6 Å². The lowest BCUT2D eigenvalue weighted by Crippen LogP contribution is -1.97. The van der Waals surface area contributed by atoms with Crippen molar-refractivity contribution in [2.75, 3.05) is 0 Å². The summed E-state index contributed by atoms with van der Waals surface area (Å²) in [4.78, 5) is 10.8.